The Morgan fingerprint density at radius 1 is 1.00 bits per heavy atom. The molecule has 1 saturated carbocycles. The lowest BCUT2D eigenvalue weighted by Crippen LogP contribution is -2.10. The van der Waals surface area contributed by atoms with Gasteiger partial charge in [0.1, 0.15) is 17.2 Å². The van der Waals surface area contributed by atoms with Crippen LogP contribution in [0, 0.1) is 5.92 Å². The molecule has 0 spiro atoms. The SMILES string of the molecule is COc1cccc(Cn2c(C(=O)O)c(-c3ccc(OCC4CC4)cc3)c3ccccc32)c1. The molecule has 3 aromatic carbocycles. The molecule has 0 radical (unpaired) electrons. The molecule has 4 aromatic rings. The van der Waals surface area contributed by atoms with Crippen LogP contribution in [-0.4, -0.2) is 29.4 Å². The molecule has 1 aliphatic carbocycles. The second kappa shape index (κ2) is 8.42. The van der Waals surface area contributed by atoms with E-state index in [0.29, 0.717) is 12.5 Å². The van der Waals surface area contributed by atoms with E-state index in [2.05, 4.69) is 0 Å². The van der Waals surface area contributed by atoms with Gasteiger partial charge in [0.25, 0.3) is 0 Å². The van der Waals surface area contributed by atoms with Crippen molar-refractivity contribution >= 4 is 16.9 Å². The molecular formula is C27H25NO4. The number of carboxylic acids is 1. The minimum atomic E-state index is -0.951. The van der Waals surface area contributed by atoms with Gasteiger partial charge in [-0.25, -0.2) is 4.79 Å². The average molecular weight is 428 g/mol. The lowest BCUT2D eigenvalue weighted by Gasteiger charge is -2.11. The number of carboxylic acid groups (broad SMARTS) is 1. The van der Waals surface area contributed by atoms with E-state index in [0.717, 1.165) is 45.7 Å². The van der Waals surface area contributed by atoms with Crippen molar-refractivity contribution in [2.24, 2.45) is 5.92 Å². The molecule has 1 N–H and O–H groups in total. The maximum atomic E-state index is 12.5. The van der Waals surface area contributed by atoms with Crippen LogP contribution in [0.2, 0.25) is 0 Å². The molecule has 0 saturated heterocycles. The molecule has 1 aliphatic rings. The molecule has 0 unspecified atom stereocenters. The van der Waals surface area contributed by atoms with E-state index in [1.807, 2.05) is 77.4 Å². The van der Waals surface area contributed by atoms with Gasteiger partial charge in [0.05, 0.1) is 13.7 Å². The molecule has 5 rings (SSSR count). The van der Waals surface area contributed by atoms with Gasteiger partial charge in [0, 0.05) is 23.0 Å². The van der Waals surface area contributed by atoms with Gasteiger partial charge in [0.15, 0.2) is 0 Å². The number of ether oxygens (including phenoxy) is 2. The molecule has 1 aromatic heterocycles. The first-order chi connectivity index (χ1) is 15.6. The Kier molecular flexibility index (Phi) is 5.31. The fraction of sp³-hybridized carbons (Fsp3) is 0.222. The Hall–Kier alpha value is -3.73. The number of benzene rings is 3. The van der Waals surface area contributed by atoms with Gasteiger partial charge in [-0.3, -0.25) is 0 Å². The average Bonchev–Trinajstić information content (AvgIpc) is 3.60. The van der Waals surface area contributed by atoms with Gasteiger partial charge in [-0.15, -0.1) is 0 Å². The van der Waals surface area contributed by atoms with Crippen LogP contribution in [0.25, 0.3) is 22.0 Å². The number of carbonyl (C=O) groups is 1. The Labute approximate surface area is 186 Å². The summed E-state index contributed by atoms with van der Waals surface area (Å²) in [5, 5.41) is 11.1. The summed E-state index contributed by atoms with van der Waals surface area (Å²) in [5.74, 6) is 1.30. The molecule has 5 nitrogen and oxygen atoms in total. The van der Waals surface area contributed by atoms with Crippen LogP contribution < -0.4 is 9.47 Å². The van der Waals surface area contributed by atoms with E-state index >= 15 is 0 Å². The first kappa shape index (κ1) is 20.2. The summed E-state index contributed by atoms with van der Waals surface area (Å²) >= 11 is 0. The number of rotatable bonds is 8. The number of aromatic nitrogens is 1. The second-order valence-corrected chi connectivity index (χ2v) is 8.26. The summed E-state index contributed by atoms with van der Waals surface area (Å²) in [6, 6.07) is 23.3. The highest BCUT2D eigenvalue weighted by molar-refractivity contribution is 6.08. The Morgan fingerprint density at radius 2 is 1.78 bits per heavy atom. The summed E-state index contributed by atoms with van der Waals surface area (Å²) in [5.41, 5.74) is 3.73. The molecule has 32 heavy (non-hydrogen) atoms. The van der Waals surface area contributed by atoms with Gasteiger partial charge in [-0.05, 0) is 60.2 Å². The predicted octanol–water partition coefficient (Wildman–Crippen LogP) is 5.85. The van der Waals surface area contributed by atoms with Gasteiger partial charge >= 0.3 is 5.97 Å². The normalized spacial score (nSPS) is 13.3. The number of hydrogen-bond acceptors (Lipinski definition) is 3. The zero-order chi connectivity index (χ0) is 22.1. The smallest absolute Gasteiger partial charge is 0.353 e. The van der Waals surface area contributed by atoms with Gasteiger partial charge < -0.3 is 19.1 Å². The standard InChI is InChI=1S/C27H25NO4/c1-31-22-6-4-5-19(15-22)16-28-24-8-3-2-7-23(24)25(26(28)27(29)30)20-11-13-21(14-12-20)32-17-18-9-10-18/h2-8,11-15,18H,9-10,16-17H2,1H3,(H,29,30). The summed E-state index contributed by atoms with van der Waals surface area (Å²) in [6.07, 6.45) is 2.49. The molecule has 0 aliphatic heterocycles. The van der Waals surface area contributed by atoms with Crippen LogP contribution in [0.5, 0.6) is 11.5 Å². The summed E-state index contributed by atoms with van der Waals surface area (Å²) in [7, 11) is 1.63. The first-order valence-corrected chi connectivity index (χ1v) is 10.8. The van der Waals surface area contributed by atoms with Crippen LogP contribution in [0.15, 0.2) is 72.8 Å². The zero-order valence-electron chi connectivity index (χ0n) is 18.0. The molecule has 5 heteroatoms. The number of hydrogen-bond donors (Lipinski definition) is 1. The van der Waals surface area contributed by atoms with Gasteiger partial charge in [-0.2, -0.15) is 0 Å². The number of methoxy groups -OCH3 is 1. The molecule has 162 valence electrons. The fourth-order valence-electron chi connectivity index (χ4n) is 4.15. The Balaban J connectivity index is 1.59. The van der Waals surface area contributed by atoms with Crippen molar-refractivity contribution in [1.82, 2.24) is 4.57 Å². The second-order valence-electron chi connectivity index (χ2n) is 8.26. The van der Waals surface area contributed by atoms with Crippen molar-refractivity contribution in [3.63, 3.8) is 0 Å². The van der Waals surface area contributed by atoms with E-state index in [-0.39, 0.29) is 5.69 Å². The lowest BCUT2D eigenvalue weighted by molar-refractivity contribution is 0.0687. The van der Waals surface area contributed by atoms with E-state index in [1.165, 1.54) is 12.8 Å². The number of aromatic carboxylic acids is 1. The maximum Gasteiger partial charge on any atom is 0.353 e. The number of nitrogens with zero attached hydrogens (tertiary/aromatic N) is 1. The van der Waals surface area contributed by atoms with E-state index < -0.39 is 5.97 Å². The van der Waals surface area contributed by atoms with E-state index in [9.17, 15) is 9.90 Å². The molecule has 0 amide bonds. The van der Waals surface area contributed by atoms with Crippen LogP contribution in [0.4, 0.5) is 0 Å². The lowest BCUT2D eigenvalue weighted by atomic mass is 10.0. The third-order valence-electron chi connectivity index (χ3n) is 5.97. The fourth-order valence-corrected chi connectivity index (χ4v) is 4.15. The number of fused-ring (bicyclic) bond motifs is 1. The van der Waals surface area contributed by atoms with Crippen molar-refractivity contribution in [3.8, 4) is 22.6 Å². The van der Waals surface area contributed by atoms with E-state index in [4.69, 9.17) is 9.47 Å². The first-order valence-electron chi connectivity index (χ1n) is 10.8. The highest BCUT2D eigenvalue weighted by Crippen LogP contribution is 2.37. The highest BCUT2D eigenvalue weighted by Gasteiger charge is 2.24. The monoisotopic (exact) mass is 427 g/mol. The maximum absolute atomic E-state index is 12.5. The Morgan fingerprint density at radius 3 is 2.50 bits per heavy atom. The highest BCUT2D eigenvalue weighted by atomic mass is 16.5. The third-order valence-corrected chi connectivity index (χ3v) is 5.97. The van der Waals surface area contributed by atoms with Crippen molar-refractivity contribution in [1.29, 1.82) is 0 Å². The summed E-state index contributed by atoms with van der Waals surface area (Å²) in [6.45, 7) is 1.18. The molecule has 0 atom stereocenters. The topological polar surface area (TPSA) is 60.7 Å². The van der Waals surface area contributed by atoms with Crippen LogP contribution >= 0.6 is 0 Å². The molecule has 1 heterocycles. The molecular weight excluding hydrogens is 402 g/mol. The van der Waals surface area contributed by atoms with Gasteiger partial charge in [-0.1, -0.05) is 42.5 Å². The minimum Gasteiger partial charge on any atom is -0.497 e. The quantitative estimate of drug-likeness (QED) is 0.383. The van der Waals surface area contributed by atoms with Crippen molar-refractivity contribution < 1.29 is 19.4 Å². The van der Waals surface area contributed by atoms with Crippen molar-refractivity contribution in [2.75, 3.05) is 13.7 Å². The molecule has 1 fully saturated rings. The van der Waals surface area contributed by atoms with Gasteiger partial charge in [0.2, 0.25) is 0 Å². The van der Waals surface area contributed by atoms with Crippen LogP contribution in [-0.2, 0) is 6.54 Å². The predicted molar refractivity (Wildman–Crippen MR) is 125 cm³/mol. The third kappa shape index (κ3) is 3.94. The summed E-state index contributed by atoms with van der Waals surface area (Å²) in [4.78, 5) is 12.5. The zero-order valence-corrected chi connectivity index (χ0v) is 18.0. The molecule has 0 bridgehead atoms. The number of para-hydroxylation sites is 1. The van der Waals surface area contributed by atoms with Crippen LogP contribution in [0.1, 0.15) is 28.9 Å². The summed E-state index contributed by atoms with van der Waals surface area (Å²) < 4.78 is 13.1. The van der Waals surface area contributed by atoms with Crippen molar-refractivity contribution in [3.05, 3.63) is 84.1 Å². The largest absolute Gasteiger partial charge is 0.497 e. The van der Waals surface area contributed by atoms with Crippen LogP contribution in [0.3, 0.4) is 0 Å². The van der Waals surface area contributed by atoms with Crippen molar-refractivity contribution in [2.45, 2.75) is 19.4 Å². The van der Waals surface area contributed by atoms with E-state index in [1.54, 1.807) is 7.11 Å². The Bertz CT molecular complexity index is 1270. The minimum absolute atomic E-state index is 0.278.